The van der Waals surface area contributed by atoms with Gasteiger partial charge in [-0.3, -0.25) is 0 Å². The van der Waals surface area contributed by atoms with Crippen LogP contribution in [-0.2, 0) is 0 Å². The Labute approximate surface area is 175 Å². The van der Waals surface area contributed by atoms with Crippen molar-refractivity contribution < 1.29 is 50.1 Å². The van der Waals surface area contributed by atoms with Gasteiger partial charge >= 0.3 is 17.9 Å². The molecule has 31 heavy (non-hydrogen) atoms. The molecule has 10 heteroatoms. The summed E-state index contributed by atoms with van der Waals surface area (Å²) in [5.74, 6) is -4.26. The lowest BCUT2D eigenvalue weighted by atomic mass is 10.2. The molecular weight excluding hydrogens is 412 g/mol. The molecule has 0 aliphatic rings. The van der Waals surface area contributed by atoms with Crippen LogP contribution in [0.3, 0.4) is 0 Å². The van der Waals surface area contributed by atoms with E-state index >= 15 is 0 Å². The molecule has 0 spiro atoms. The van der Waals surface area contributed by atoms with Gasteiger partial charge in [-0.05, 0) is 54.6 Å². The van der Waals surface area contributed by atoms with E-state index in [4.69, 9.17) is 35.7 Å². The molecule has 0 atom stereocenters. The molecule has 3 aromatic rings. The number of phenolic OH excluding ortho intramolecular Hbond substituents is 3. The number of carbonyl (C=O) groups is 3. The largest absolute Gasteiger partial charge is 0.508 e. The van der Waals surface area contributed by atoms with Crippen molar-refractivity contribution in [1.82, 2.24) is 0 Å². The number of aromatic hydroxyl groups is 4. The van der Waals surface area contributed by atoms with Crippen molar-refractivity contribution in [3.63, 3.8) is 0 Å². The average Bonchev–Trinajstić information content (AvgIpc) is 2.71. The summed E-state index contributed by atoms with van der Waals surface area (Å²) in [5.41, 5.74) is -0.0252. The smallest absolute Gasteiger partial charge is 0.339 e. The van der Waals surface area contributed by atoms with Crippen molar-refractivity contribution in [2.45, 2.75) is 0 Å². The molecule has 0 aliphatic heterocycles. The quantitative estimate of drug-likeness (QED) is 0.304. The van der Waals surface area contributed by atoms with Crippen LogP contribution in [0.15, 0.2) is 66.7 Å². The first-order valence-electron chi connectivity index (χ1n) is 8.31. The fourth-order valence-corrected chi connectivity index (χ4v) is 1.95. The molecule has 10 nitrogen and oxygen atoms in total. The third-order valence-electron chi connectivity index (χ3n) is 3.45. The van der Waals surface area contributed by atoms with Gasteiger partial charge in [0.05, 0.1) is 11.1 Å². The minimum absolute atomic E-state index is 0.0279. The first kappa shape index (κ1) is 24.3. The number of rotatable bonds is 3. The minimum atomic E-state index is -1.27. The van der Waals surface area contributed by atoms with Gasteiger partial charge in [0.2, 0.25) is 0 Å². The van der Waals surface area contributed by atoms with Gasteiger partial charge in [-0.1, -0.05) is 12.1 Å². The maximum Gasteiger partial charge on any atom is 0.339 e. The van der Waals surface area contributed by atoms with Crippen LogP contribution in [-0.4, -0.2) is 53.7 Å². The molecule has 0 aliphatic carbocycles. The van der Waals surface area contributed by atoms with E-state index in [2.05, 4.69) is 0 Å². The molecule has 0 amide bonds. The monoisotopic (exact) mass is 430 g/mol. The molecule has 0 fully saturated rings. The topological polar surface area (TPSA) is 193 Å². The number of carboxylic acid groups (broad SMARTS) is 3. The lowest BCUT2D eigenvalue weighted by Crippen LogP contribution is -1.95. The Bertz CT molecular complexity index is 1060. The van der Waals surface area contributed by atoms with Crippen LogP contribution in [0.2, 0.25) is 0 Å². The van der Waals surface area contributed by atoms with Crippen LogP contribution in [0.4, 0.5) is 0 Å². The van der Waals surface area contributed by atoms with Crippen LogP contribution in [0.25, 0.3) is 0 Å². The summed E-state index contributed by atoms with van der Waals surface area (Å²) >= 11 is 0. The van der Waals surface area contributed by atoms with Crippen LogP contribution in [0, 0.1) is 0 Å². The lowest BCUT2D eigenvalue weighted by Gasteiger charge is -1.99. The van der Waals surface area contributed by atoms with Crippen LogP contribution < -0.4 is 0 Å². The Morgan fingerprint density at radius 2 is 1.10 bits per heavy atom. The molecule has 0 heterocycles. The molecule has 3 rings (SSSR count). The molecule has 0 aromatic heterocycles. The van der Waals surface area contributed by atoms with Gasteiger partial charge in [0, 0.05) is 0 Å². The second-order valence-electron chi connectivity index (χ2n) is 5.69. The molecule has 3 aromatic carbocycles. The Morgan fingerprint density at radius 3 is 1.52 bits per heavy atom. The van der Waals surface area contributed by atoms with Gasteiger partial charge < -0.3 is 35.7 Å². The van der Waals surface area contributed by atoms with E-state index in [1.54, 1.807) is 0 Å². The fourth-order valence-electron chi connectivity index (χ4n) is 1.95. The first-order chi connectivity index (χ1) is 14.5. The summed E-state index contributed by atoms with van der Waals surface area (Å²) in [5, 5.41) is 60.5. The SMILES string of the molecule is O=C(O)c1ccc(O)cc1.O=C(O)c1cccc(O)c1.O=C(O)c1cccc(O)c1O. The second-order valence-corrected chi connectivity index (χ2v) is 5.69. The number of carboxylic acids is 3. The van der Waals surface area contributed by atoms with E-state index in [0.717, 1.165) is 0 Å². The van der Waals surface area contributed by atoms with Crippen molar-refractivity contribution in [1.29, 1.82) is 0 Å². The summed E-state index contributed by atoms with van der Waals surface area (Å²) in [6.45, 7) is 0. The van der Waals surface area contributed by atoms with Crippen molar-refractivity contribution in [2.75, 3.05) is 0 Å². The third kappa shape index (κ3) is 8.03. The highest BCUT2D eigenvalue weighted by Crippen LogP contribution is 2.27. The number of benzene rings is 3. The van der Waals surface area contributed by atoms with E-state index in [9.17, 15) is 14.4 Å². The Kier molecular flexibility index (Phi) is 8.87. The highest BCUT2D eigenvalue weighted by molar-refractivity contribution is 5.91. The van der Waals surface area contributed by atoms with Gasteiger partial charge in [-0.25, -0.2) is 14.4 Å². The number of hydrogen-bond acceptors (Lipinski definition) is 7. The zero-order valence-corrected chi connectivity index (χ0v) is 15.7. The highest BCUT2D eigenvalue weighted by atomic mass is 16.4. The molecule has 7 N–H and O–H groups in total. The highest BCUT2D eigenvalue weighted by Gasteiger charge is 2.11. The fraction of sp³-hybridized carbons (Fsp3) is 0. The Hall–Kier alpha value is -4.73. The average molecular weight is 430 g/mol. The summed E-state index contributed by atoms with van der Waals surface area (Å²) in [4.78, 5) is 30.8. The maximum atomic E-state index is 10.3. The summed E-state index contributed by atoms with van der Waals surface area (Å²) in [6, 6.07) is 14.6. The number of aromatic carboxylic acids is 3. The summed E-state index contributed by atoms with van der Waals surface area (Å²) < 4.78 is 0. The predicted octanol–water partition coefficient (Wildman–Crippen LogP) is 2.98. The molecule has 0 unspecified atom stereocenters. The third-order valence-corrected chi connectivity index (χ3v) is 3.45. The Morgan fingerprint density at radius 1 is 0.548 bits per heavy atom. The molecule has 0 radical (unpaired) electrons. The maximum absolute atomic E-state index is 10.3. The number of para-hydroxylation sites is 1. The van der Waals surface area contributed by atoms with Crippen LogP contribution >= 0.6 is 0 Å². The number of phenols is 4. The summed E-state index contributed by atoms with van der Waals surface area (Å²) in [7, 11) is 0. The second kappa shape index (κ2) is 11.3. The lowest BCUT2D eigenvalue weighted by molar-refractivity contribution is 0.0683. The van der Waals surface area contributed by atoms with E-state index in [0.29, 0.717) is 0 Å². The van der Waals surface area contributed by atoms with Gasteiger partial charge in [-0.2, -0.15) is 0 Å². The molecule has 0 saturated heterocycles. The zero-order chi connectivity index (χ0) is 23.6. The van der Waals surface area contributed by atoms with Gasteiger partial charge in [0.1, 0.15) is 17.1 Å². The van der Waals surface area contributed by atoms with Gasteiger partial charge in [-0.15, -0.1) is 0 Å². The van der Waals surface area contributed by atoms with Crippen LogP contribution in [0.1, 0.15) is 31.1 Å². The molecular formula is C21H18O10. The van der Waals surface area contributed by atoms with Crippen molar-refractivity contribution >= 4 is 17.9 Å². The number of hydrogen-bond donors (Lipinski definition) is 7. The Balaban J connectivity index is 0.000000233. The normalized spacial score (nSPS) is 9.29. The van der Waals surface area contributed by atoms with Gasteiger partial charge in [0.15, 0.2) is 11.5 Å². The van der Waals surface area contributed by atoms with Gasteiger partial charge in [0.25, 0.3) is 0 Å². The molecule has 162 valence electrons. The van der Waals surface area contributed by atoms with E-state index in [-0.39, 0.29) is 28.2 Å². The summed E-state index contributed by atoms with van der Waals surface area (Å²) in [6.07, 6.45) is 0. The predicted molar refractivity (Wildman–Crippen MR) is 107 cm³/mol. The van der Waals surface area contributed by atoms with E-state index in [1.807, 2.05) is 0 Å². The van der Waals surface area contributed by atoms with Crippen molar-refractivity contribution in [3.8, 4) is 23.0 Å². The minimum Gasteiger partial charge on any atom is -0.508 e. The van der Waals surface area contributed by atoms with E-state index < -0.39 is 29.4 Å². The van der Waals surface area contributed by atoms with E-state index in [1.165, 1.54) is 66.7 Å². The molecule has 0 bridgehead atoms. The first-order valence-corrected chi connectivity index (χ1v) is 8.31. The van der Waals surface area contributed by atoms with Crippen molar-refractivity contribution in [2.24, 2.45) is 0 Å². The zero-order valence-electron chi connectivity index (χ0n) is 15.7. The van der Waals surface area contributed by atoms with Crippen molar-refractivity contribution in [3.05, 3.63) is 83.4 Å². The molecule has 0 saturated carbocycles. The van der Waals surface area contributed by atoms with Crippen LogP contribution in [0.5, 0.6) is 23.0 Å². The standard InChI is InChI=1S/C7H6O4.2C7H6O3/c8-5-3-1-2-4(6(5)9)7(10)11;8-6-3-1-5(2-4-6)7(9)10;8-6-3-1-2-5(4-6)7(9)10/h1-3,8-9H,(H,10,11);2*1-4,8H,(H,9,10).